The van der Waals surface area contributed by atoms with Gasteiger partial charge in [-0.2, -0.15) is 0 Å². The molecule has 25 heavy (non-hydrogen) atoms. The molecule has 138 valence electrons. The molecule has 3 rings (SSSR count). The van der Waals surface area contributed by atoms with E-state index >= 15 is 0 Å². The van der Waals surface area contributed by atoms with Crippen LogP contribution in [-0.4, -0.2) is 69.6 Å². The third kappa shape index (κ3) is 5.42. The maximum absolute atomic E-state index is 5.90. The largest absolute Gasteiger partial charge is 0.375 e. The van der Waals surface area contributed by atoms with Crippen LogP contribution >= 0.6 is 0 Å². The van der Waals surface area contributed by atoms with Gasteiger partial charge in [0.2, 0.25) is 0 Å². The first kappa shape index (κ1) is 18.2. The van der Waals surface area contributed by atoms with Crippen LogP contribution in [0.4, 0.5) is 0 Å². The molecule has 0 aromatic heterocycles. The summed E-state index contributed by atoms with van der Waals surface area (Å²) in [4.78, 5) is 6.67. The van der Waals surface area contributed by atoms with E-state index in [-0.39, 0.29) is 12.2 Å². The summed E-state index contributed by atoms with van der Waals surface area (Å²) in [5.74, 6) is 0.912. The number of aliphatic imine (C=N–C) groups is 1. The summed E-state index contributed by atoms with van der Waals surface area (Å²) in [5.41, 5.74) is 1.19. The molecule has 0 spiro atoms. The van der Waals surface area contributed by atoms with Crippen molar-refractivity contribution in [2.24, 2.45) is 4.99 Å². The van der Waals surface area contributed by atoms with Crippen LogP contribution in [0.3, 0.4) is 0 Å². The summed E-state index contributed by atoms with van der Waals surface area (Å²) in [6, 6.07) is 10.2. The molecule has 6 heteroatoms. The van der Waals surface area contributed by atoms with E-state index in [9.17, 15) is 0 Å². The fourth-order valence-corrected chi connectivity index (χ4v) is 3.32. The lowest BCUT2D eigenvalue weighted by Gasteiger charge is -2.37. The highest BCUT2D eigenvalue weighted by molar-refractivity contribution is 5.80. The average Bonchev–Trinajstić information content (AvgIpc) is 3.20. The fourth-order valence-electron chi connectivity index (χ4n) is 3.32. The Bertz CT molecular complexity index is 532. The molecule has 1 aromatic rings. The molecule has 2 fully saturated rings. The Hall–Kier alpha value is -1.63. The Morgan fingerprint density at radius 3 is 2.84 bits per heavy atom. The molecule has 2 aliphatic heterocycles. The first-order chi connectivity index (χ1) is 12.4. The first-order valence-corrected chi connectivity index (χ1v) is 9.17. The number of hydrogen-bond donors (Lipinski definition) is 1. The maximum Gasteiger partial charge on any atom is 0.193 e. The van der Waals surface area contributed by atoms with Gasteiger partial charge >= 0.3 is 0 Å². The minimum atomic E-state index is 0.143. The monoisotopic (exact) mass is 347 g/mol. The van der Waals surface area contributed by atoms with E-state index in [0.717, 1.165) is 51.6 Å². The van der Waals surface area contributed by atoms with Crippen molar-refractivity contribution in [2.45, 2.75) is 31.7 Å². The lowest BCUT2D eigenvalue weighted by Crippen LogP contribution is -2.53. The van der Waals surface area contributed by atoms with Crippen LogP contribution in [-0.2, 0) is 20.8 Å². The second-order valence-corrected chi connectivity index (χ2v) is 6.42. The van der Waals surface area contributed by atoms with Gasteiger partial charge in [0, 0.05) is 33.3 Å². The average molecular weight is 347 g/mol. The Balaban J connectivity index is 1.38. The third-order valence-corrected chi connectivity index (χ3v) is 4.63. The molecule has 2 aliphatic rings. The van der Waals surface area contributed by atoms with E-state index in [1.807, 2.05) is 25.2 Å². The molecule has 2 saturated heterocycles. The van der Waals surface area contributed by atoms with Crippen LogP contribution in [0.25, 0.3) is 0 Å². The van der Waals surface area contributed by atoms with Crippen molar-refractivity contribution in [3.8, 4) is 0 Å². The summed E-state index contributed by atoms with van der Waals surface area (Å²) >= 11 is 0. The number of morpholine rings is 1. The lowest BCUT2D eigenvalue weighted by molar-refractivity contribution is -0.0817. The Morgan fingerprint density at radius 1 is 1.24 bits per heavy atom. The van der Waals surface area contributed by atoms with E-state index in [1.54, 1.807) is 0 Å². The number of benzene rings is 1. The van der Waals surface area contributed by atoms with E-state index in [4.69, 9.17) is 14.2 Å². The van der Waals surface area contributed by atoms with Gasteiger partial charge in [0.15, 0.2) is 5.96 Å². The van der Waals surface area contributed by atoms with Crippen molar-refractivity contribution in [1.82, 2.24) is 10.2 Å². The molecule has 1 N–H and O–H groups in total. The molecular formula is C19H29N3O3. The van der Waals surface area contributed by atoms with Crippen LogP contribution in [0, 0.1) is 0 Å². The second kappa shape index (κ2) is 9.75. The summed E-state index contributed by atoms with van der Waals surface area (Å²) < 4.78 is 17.4. The number of nitrogens with zero attached hydrogens (tertiary/aromatic N) is 2. The lowest BCUT2D eigenvalue weighted by atomic mass is 10.1. The zero-order chi connectivity index (χ0) is 17.3. The van der Waals surface area contributed by atoms with Crippen molar-refractivity contribution < 1.29 is 14.2 Å². The Labute approximate surface area is 150 Å². The standard InChI is InChI=1S/C19H29N3O3/c1-20-19(21-9-12-23-15-16-6-3-2-4-7-16)22-10-13-25-18(14-22)17-8-5-11-24-17/h2-4,6-7,17-18H,5,8-15H2,1H3,(H,20,21). The smallest absolute Gasteiger partial charge is 0.193 e. The SMILES string of the molecule is CN=C(NCCOCc1ccccc1)N1CCOC(C2CCCO2)C1. The molecule has 0 aliphatic carbocycles. The van der Waals surface area contributed by atoms with Gasteiger partial charge < -0.3 is 24.4 Å². The van der Waals surface area contributed by atoms with Crippen LogP contribution in [0.15, 0.2) is 35.3 Å². The highest BCUT2D eigenvalue weighted by Crippen LogP contribution is 2.20. The van der Waals surface area contributed by atoms with Crippen molar-refractivity contribution in [1.29, 1.82) is 0 Å². The predicted octanol–water partition coefficient (Wildman–Crippen LogP) is 1.66. The zero-order valence-corrected chi connectivity index (χ0v) is 15.0. The van der Waals surface area contributed by atoms with Crippen molar-refractivity contribution in [2.75, 3.05) is 46.5 Å². The molecule has 0 saturated carbocycles. The maximum atomic E-state index is 5.90. The van der Waals surface area contributed by atoms with Gasteiger partial charge in [-0.15, -0.1) is 0 Å². The third-order valence-electron chi connectivity index (χ3n) is 4.63. The second-order valence-electron chi connectivity index (χ2n) is 6.42. The van der Waals surface area contributed by atoms with Crippen LogP contribution in [0.5, 0.6) is 0 Å². The van der Waals surface area contributed by atoms with Gasteiger partial charge in [0.1, 0.15) is 6.10 Å². The summed E-state index contributed by atoms with van der Waals surface area (Å²) in [6.07, 6.45) is 2.60. The van der Waals surface area contributed by atoms with Gasteiger partial charge in [0.25, 0.3) is 0 Å². The van der Waals surface area contributed by atoms with E-state index < -0.39 is 0 Å². The molecule has 0 amide bonds. The number of nitrogens with one attached hydrogen (secondary N) is 1. The van der Waals surface area contributed by atoms with E-state index in [0.29, 0.717) is 13.2 Å². The Kier molecular flexibility index (Phi) is 7.09. The molecule has 2 atom stereocenters. The van der Waals surface area contributed by atoms with E-state index in [2.05, 4.69) is 27.3 Å². The number of guanidine groups is 1. The Morgan fingerprint density at radius 2 is 2.08 bits per heavy atom. The van der Waals surface area contributed by atoms with Gasteiger partial charge in [-0.3, -0.25) is 4.99 Å². The quantitative estimate of drug-likeness (QED) is 0.482. The highest BCUT2D eigenvalue weighted by atomic mass is 16.5. The zero-order valence-electron chi connectivity index (χ0n) is 15.0. The number of ether oxygens (including phenoxy) is 3. The first-order valence-electron chi connectivity index (χ1n) is 9.17. The van der Waals surface area contributed by atoms with Crippen molar-refractivity contribution in [3.05, 3.63) is 35.9 Å². The van der Waals surface area contributed by atoms with Crippen LogP contribution in [0.2, 0.25) is 0 Å². The molecule has 2 unspecified atom stereocenters. The van der Waals surface area contributed by atoms with Gasteiger partial charge in [0.05, 0.1) is 25.9 Å². The summed E-state index contributed by atoms with van der Waals surface area (Å²) in [5, 5.41) is 3.39. The highest BCUT2D eigenvalue weighted by Gasteiger charge is 2.32. The number of hydrogen-bond acceptors (Lipinski definition) is 4. The normalized spacial score (nSPS) is 24.5. The van der Waals surface area contributed by atoms with Crippen molar-refractivity contribution >= 4 is 5.96 Å². The fraction of sp³-hybridized carbons (Fsp3) is 0.632. The minimum absolute atomic E-state index is 0.143. The molecule has 2 heterocycles. The molecule has 0 bridgehead atoms. The van der Waals surface area contributed by atoms with Gasteiger partial charge in [-0.25, -0.2) is 0 Å². The van der Waals surface area contributed by atoms with Gasteiger partial charge in [-0.1, -0.05) is 30.3 Å². The number of rotatable bonds is 6. The molecule has 0 radical (unpaired) electrons. The minimum Gasteiger partial charge on any atom is -0.375 e. The van der Waals surface area contributed by atoms with Gasteiger partial charge in [-0.05, 0) is 18.4 Å². The van der Waals surface area contributed by atoms with Crippen molar-refractivity contribution in [3.63, 3.8) is 0 Å². The summed E-state index contributed by atoms with van der Waals surface area (Å²) in [6.45, 7) is 5.28. The predicted molar refractivity (Wildman–Crippen MR) is 97.7 cm³/mol. The van der Waals surface area contributed by atoms with Crippen LogP contribution in [0.1, 0.15) is 18.4 Å². The van der Waals surface area contributed by atoms with E-state index in [1.165, 1.54) is 5.56 Å². The molecular weight excluding hydrogens is 318 g/mol. The molecule has 1 aromatic carbocycles. The van der Waals surface area contributed by atoms with Crippen LogP contribution < -0.4 is 5.32 Å². The topological polar surface area (TPSA) is 55.3 Å². The summed E-state index contributed by atoms with van der Waals surface area (Å²) in [7, 11) is 1.82. The molecule has 6 nitrogen and oxygen atoms in total.